The highest BCUT2D eigenvalue weighted by Crippen LogP contribution is 2.23. The number of sulfonamides is 1. The van der Waals surface area contributed by atoms with Crippen LogP contribution < -0.4 is 4.72 Å². The monoisotopic (exact) mass is 321 g/mol. The lowest BCUT2D eigenvalue weighted by atomic mass is 9.88. The van der Waals surface area contributed by atoms with Gasteiger partial charge in [-0.2, -0.15) is 0 Å². The molecule has 0 aliphatic heterocycles. The third-order valence-electron chi connectivity index (χ3n) is 2.85. The molecule has 0 radical (unpaired) electrons. The first-order valence-corrected chi connectivity index (χ1v) is 8.46. The summed E-state index contributed by atoms with van der Waals surface area (Å²) in [6, 6.07) is 1.15. The van der Waals surface area contributed by atoms with Gasteiger partial charge in [-0.3, -0.25) is 0 Å². The maximum absolute atomic E-state index is 12.0. The van der Waals surface area contributed by atoms with Gasteiger partial charge in [-0.15, -0.1) is 11.3 Å². The molecule has 1 aromatic heterocycles. The molecule has 0 amide bonds. The van der Waals surface area contributed by atoms with E-state index in [1.807, 2.05) is 13.8 Å². The average Bonchev–Trinajstić information content (AvgIpc) is 2.85. The van der Waals surface area contributed by atoms with E-state index in [9.17, 15) is 13.2 Å². The molecule has 0 spiro atoms. The molecule has 0 bridgehead atoms. The highest BCUT2D eigenvalue weighted by atomic mass is 32.2. The van der Waals surface area contributed by atoms with Crippen LogP contribution in [-0.2, 0) is 10.0 Å². The van der Waals surface area contributed by atoms with Crippen molar-refractivity contribution in [3.8, 4) is 0 Å². The zero-order valence-electron chi connectivity index (χ0n) is 11.4. The van der Waals surface area contributed by atoms with Gasteiger partial charge in [0.1, 0.15) is 4.88 Å². The van der Waals surface area contributed by atoms with Gasteiger partial charge >= 0.3 is 5.97 Å². The van der Waals surface area contributed by atoms with Crippen LogP contribution in [0.2, 0.25) is 0 Å². The Morgan fingerprint density at radius 2 is 2.10 bits per heavy atom. The summed E-state index contributed by atoms with van der Waals surface area (Å²) in [6.45, 7) is 4.11. The van der Waals surface area contributed by atoms with E-state index in [-0.39, 0.29) is 28.3 Å². The van der Waals surface area contributed by atoms with Gasteiger partial charge in [-0.1, -0.05) is 13.8 Å². The molecule has 1 rings (SSSR count). The minimum absolute atomic E-state index is 0.00934. The van der Waals surface area contributed by atoms with Gasteiger partial charge in [-0.25, -0.2) is 17.9 Å². The van der Waals surface area contributed by atoms with E-state index in [2.05, 4.69) is 4.72 Å². The fraction of sp³-hybridized carbons (Fsp3) is 0.583. The Balaban J connectivity index is 2.72. The molecule has 0 saturated heterocycles. The van der Waals surface area contributed by atoms with Crippen LogP contribution in [0.3, 0.4) is 0 Å². The van der Waals surface area contributed by atoms with Crippen LogP contribution in [0, 0.1) is 5.41 Å². The number of carboxylic acids is 1. The summed E-state index contributed by atoms with van der Waals surface area (Å²) >= 11 is 0.880. The number of carboxylic acid groups (broad SMARTS) is 1. The fourth-order valence-electron chi connectivity index (χ4n) is 1.59. The number of nitrogens with one attached hydrogen (secondary N) is 1. The van der Waals surface area contributed by atoms with E-state index in [1.54, 1.807) is 0 Å². The van der Waals surface area contributed by atoms with Crippen LogP contribution in [0.4, 0.5) is 0 Å². The molecule has 8 heteroatoms. The number of aliphatic hydroxyl groups excluding tert-OH is 1. The first-order chi connectivity index (χ1) is 9.18. The van der Waals surface area contributed by atoms with Crippen molar-refractivity contribution >= 4 is 27.3 Å². The van der Waals surface area contributed by atoms with Crippen molar-refractivity contribution in [1.82, 2.24) is 4.72 Å². The van der Waals surface area contributed by atoms with Crippen molar-refractivity contribution in [3.63, 3.8) is 0 Å². The van der Waals surface area contributed by atoms with E-state index in [0.717, 1.165) is 17.4 Å². The maximum Gasteiger partial charge on any atom is 0.345 e. The van der Waals surface area contributed by atoms with Gasteiger partial charge in [0.15, 0.2) is 0 Å². The normalized spacial score (nSPS) is 12.6. The molecule has 0 saturated carbocycles. The summed E-state index contributed by atoms with van der Waals surface area (Å²) in [5.41, 5.74) is -0.276. The maximum atomic E-state index is 12.0. The van der Waals surface area contributed by atoms with E-state index in [4.69, 9.17) is 10.2 Å². The molecule has 114 valence electrons. The lowest BCUT2D eigenvalue weighted by molar-refractivity contribution is 0.0702. The Morgan fingerprint density at radius 3 is 2.60 bits per heavy atom. The third kappa shape index (κ3) is 4.86. The summed E-state index contributed by atoms with van der Waals surface area (Å²) in [5, 5.41) is 18.9. The second-order valence-corrected chi connectivity index (χ2v) is 7.95. The number of carbonyl (C=O) groups is 1. The molecule has 6 nitrogen and oxygen atoms in total. The Morgan fingerprint density at radius 1 is 1.45 bits per heavy atom. The predicted molar refractivity (Wildman–Crippen MR) is 76.6 cm³/mol. The topological polar surface area (TPSA) is 104 Å². The standard InChI is InChI=1S/C12H19NO5S2/c1-12(2,4-3-5-14)8-13-20(17,18)9-6-10(11(15)16)19-7-9/h6-7,13-14H,3-5,8H2,1-2H3,(H,15,16). The van der Waals surface area contributed by atoms with E-state index in [1.165, 1.54) is 5.38 Å². The summed E-state index contributed by atoms with van der Waals surface area (Å²) in [4.78, 5) is 10.7. The molecular formula is C12H19NO5S2. The second-order valence-electron chi connectivity index (χ2n) is 5.27. The molecule has 20 heavy (non-hydrogen) atoms. The fourth-order valence-corrected chi connectivity index (χ4v) is 3.94. The van der Waals surface area contributed by atoms with Crippen molar-refractivity contribution in [2.24, 2.45) is 5.41 Å². The molecule has 1 heterocycles. The molecule has 0 atom stereocenters. The molecule has 0 unspecified atom stereocenters. The molecule has 0 aliphatic rings. The zero-order chi connectivity index (χ0) is 15.4. The minimum atomic E-state index is -3.70. The number of rotatable bonds is 8. The van der Waals surface area contributed by atoms with Gasteiger partial charge in [0.05, 0.1) is 4.90 Å². The highest BCUT2D eigenvalue weighted by molar-refractivity contribution is 7.89. The number of thiophene rings is 1. The summed E-state index contributed by atoms with van der Waals surface area (Å²) in [7, 11) is -3.70. The van der Waals surface area contributed by atoms with Crippen LogP contribution >= 0.6 is 11.3 Å². The van der Waals surface area contributed by atoms with Gasteiger partial charge < -0.3 is 10.2 Å². The molecule has 0 aromatic carbocycles. The first kappa shape index (κ1) is 17.1. The van der Waals surface area contributed by atoms with E-state index >= 15 is 0 Å². The third-order valence-corrected chi connectivity index (χ3v) is 5.30. The number of aromatic carboxylic acids is 1. The largest absolute Gasteiger partial charge is 0.477 e. The highest BCUT2D eigenvalue weighted by Gasteiger charge is 2.23. The van der Waals surface area contributed by atoms with Crippen LogP contribution in [-0.4, -0.2) is 37.8 Å². The number of aliphatic hydroxyl groups is 1. The van der Waals surface area contributed by atoms with Crippen molar-refractivity contribution in [2.45, 2.75) is 31.6 Å². The van der Waals surface area contributed by atoms with Crippen molar-refractivity contribution in [2.75, 3.05) is 13.2 Å². The first-order valence-electron chi connectivity index (χ1n) is 6.10. The molecular weight excluding hydrogens is 302 g/mol. The Kier molecular flexibility index (Phi) is 5.69. The van der Waals surface area contributed by atoms with Crippen LogP contribution in [0.15, 0.2) is 16.3 Å². The van der Waals surface area contributed by atoms with Crippen molar-refractivity contribution in [3.05, 3.63) is 16.3 Å². The van der Waals surface area contributed by atoms with Gasteiger partial charge in [0, 0.05) is 18.5 Å². The Hall–Kier alpha value is -0.960. The zero-order valence-corrected chi connectivity index (χ0v) is 13.1. The molecule has 0 fully saturated rings. The summed E-state index contributed by atoms with van der Waals surface area (Å²) < 4.78 is 26.6. The van der Waals surface area contributed by atoms with Gasteiger partial charge in [-0.05, 0) is 24.3 Å². The number of hydrogen-bond acceptors (Lipinski definition) is 5. The second kappa shape index (κ2) is 6.66. The van der Waals surface area contributed by atoms with E-state index in [0.29, 0.717) is 12.8 Å². The SMILES string of the molecule is CC(C)(CCCO)CNS(=O)(=O)c1csc(C(=O)O)c1. The Bertz CT molecular complexity index is 562. The van der Waals surface area contributed by atoms with Crippen LogP contribution in [0.25, 0.3) is 0 Å². The van der Waals surface area contributed by atoms with E-state index < -0.39 is 16.0 Å². The van der Waals surface area contributed by atoms with Crippen LogP contribution in [0.5, 0.6) is 0 Å². The average molecular weight is 321 g/mol. The minimum Gasteiger partial charge on any atom is -0.477 e. The summed E-state index contributed by atoms with van der Waals surface area (Å²) in [5.74, 6) is -1.14. The molecule has 3 N–H and O–H groups in total. The lowest BCUT2D eigenvalue weighted by Crippen LogP contribution is -2.34. The quantitative estimate of drug-likeness (QED) is 0.673. The van der Waals surface area contributed by atoms with Crippen molar-refractivity contribution in [1.29, 1.82) is 0 Å². The summed E-state index contributed by atoms with van der Waals surface area (Å²) in [6.07, 6.45) is 1.30. The lowest BCUT2D eigenvalue weighted by Gasteiger charge is -2.24. The molecule has 0 aliphatic carbocycles. The van der Waals surface area contributed by atoms with Gasteiger partial charge in [0.25, 0.3) is 0 Å². The predicted octanol–water partition coefficient (Wildman–Crippen LogP) is 1.52. The van der Waals surface area contributed by atoms with Gasteiger partial charge in [0.2, 0.25) is 10.0 Å². The van der Waals surface area contributed by atoms with Crippen LogP contribution in [0.1, 0.15) is 36.4 Å². The smallest absolute Gasteiger partial charge is 0.345 e. The van der Waals surface area contributed by atoms with Crippen molar-refractivity contribution < 1.29 is 23.4 Å². The number of hydrogen-bond donors (Lipinski definition) is 3. The molecule has 1 aromatic rings. The Labute approximate surface area is 122 Å².